The van der Waals surface area contributed by atoms with E-state index in [0.29, 0.717) is 6.54 Å². The number of anilines is 1. The van der Waals surface area contributed by atoms with Gasteiger partial charge in [0.05, 0.1) is 9.93 Å². The average molecular weight is 281 g/mol. The van der Waals surface area contributed by atoms with Gasteiger partial charge in [-0.1, -0.05) is 13.0 Å². The van der Waals surface area contributed by atoms with Crippen LogP contribution in [0.4, 0.5) is 15.8 Å². The molecule has 1 atom stereocenters. The number of hydrogen-bond acceptors (Lipinski definition) is 5. The van der Waals surface area contributed by atoms with Crippen LogP contribution in [0.3, 0.4) is 0 Å². The number of aromatic nitrogens is 1. The van der Waals surface area contributed by atoms with Gasteiger partial charge in [-0.2, -0.15) is 4.39 Å². The molecule has 0 aliphatic carbocycles. The highest BCUT2D eigenvalue weighted by Crippen LogP contribution is 2.28. The zero-order valence-electron chi connectivity index (χ0n) is 10.2. The predicted octanol–water partition coefficient (Wildman–Crippen LogP) is 3.41. The summed E-state index contributed by atoms with van der Waals surface area (Å²) in [5.74, 6) is -0.736. The highest BCUT2D eigenvalue weighted by Gasteiger charge is 2.20. The Kier molecular flexibility index (Phi) is 4.06. The minimum Gasteiger partial charge on any atom is -0.379 e. The van der Waals surface area contributed by atoms with Crippen LogP contribution in [0.5, 0.6) is 0 Å². The Labute approximate surface area is 113 Å². The van der Waals surface area contributed by atoms with Gasteiger partial charge in [0.25, 0.3) is 0 Å². The molecule has 2 rings (SSSR count). The number of nitro benzene ring substituents is 1. The normalized spacial score (nSPS) is 12.1. The first-order chi connectivity index (χ1) is 9.09. The van der Waals surface area contributed by atoms with Crippen molar-refractivity contribution in [3.05, 3.63) is 50.7 Å². The molecule has 5 nitrogen and oxygen atoms in total. The summed E-state index contributed by atoms with van der Waals surface area (Å²) >= 11 is 1.52. The number of thiazole rings is 1. The van der Waals surface area contributed by atoms with Gasteiger partial charge >= 0.3 is 5.69 Å². The molecule has 0 saturated heterocycles. The van der Waals surface area contributed by atoms with Crippen molar-refractivity contribution < 1.29 is 9.31 Å². The number of halogens is 1. The maximum atomic E-state index is 13.4. The second-order valence-corrected chi connectivity index (χ2v) is 4.97. The van der Waals surface area contributed by atoms with Crippen molar-refractivity contribution >= 4 is 22.7 Å². The molecule has 0 aliphatic rings. The van der Waals surface area contributed by atoms with Crippen LogP contribution in [-0.4, -0.2) is 16.5 Å². The number of nitrogens with zero attached hydrogens (tertiary/aromatic N) is 2. The van der Waals surface area contributed by atoms with E-state index < -0.39 is 16.4 Å². The van der Waals surface area contributed by atoms with Crippen LogP contribution in [0.1, 0.15) is 17.8 Å². The lowest BCUT2D eigenvalue weighted by molar-refractivity contribution is -0.386. The molecule has 1 heterocycles. The van der Waals surface area contributed by atoms with Crippen molar-refractivity contribution in [2.75, 3.05) is 11.9 Å². The first-order valence-electron chi connectivity index (χ1n) is 5.65. The van der Waals surface area contributed by atoms with Crippen molar-refractivity contribution in [1.82, 2.24) is 4.98 Å². The molecular formula is C12H12FN3O2S. The fourth-order valence-corrected chi connectivity index (χ4v) is 2.37. The summed E-state index contributed by atoms with van der Waals surface area (Å²) in [5.41, 5.74) is -0.331. The van der Waals surface area contributed by atoms with Crippen LogP contribution in [0.2, 0.25) is 0 Å². The largest absolute Gasteiger partial charge is 0.379 e. The fourth-order valence-electron chi connectivity index (χ4n) is 1.67. The molecule has 0 saturated carbocycles. The molecule has 0 amide bonds. The Morgan fingerprint density at radius 1 is 1.58 bits per heavy atom. The van der Waals surface area contributed by atoms with Gasteiger partial charge in [0.15, 0.2) is 0 Å². The lowest BCUT2D eigenvalue weighted by atomic mass is 10.2. The molecular weight excluding hydrogens is 269 g/mol. The summed E-state index contributed by atoms with van der Waals surface area (Å²) in [4.78, 5) is 14.3. The highest BCUT2D eigenvalue weighted by molar-refractivity contribution is 7.09. The molecule has 0 unspecified atom stereocenters. The molecule has 0 fully saturated rings. The van der Waals surface area contributed by atoms with E-state index in [1.165, 1.54) is 23.5 Å². The quantitative estimate of drug-likeness (QED) is 0.673. The summed E-state index contributed by atoms with van der Waals surface area (Å²) in [6.07, 6.45) is 1.71. The lowest BCUT2D eigenvalue weighted by Gasteiger charge is -2.11. The van der Waals surface area contributed by atoms with Gasteiger partial charge < -0.3 is 5.32 Å². The smallest absolute Gasteiger partial charge is 0.327 e. The molecule has 0 spiro atoms. The number of nitrogens with one attached hydrogen (secondary N) is 1. The van der Waals surface area contributed by atoms with Crippen LogP contribution in [0.25, 0.3) is 0 Å². The van der Waals surface area contributed by atoms with Gasteiger partial charge in [-0.15, -0.1) is 11.3 Å². The third-order valence-corrected chi connectivity index (χ3v) is 3.65. The van der Waals surface area contributed by atoms with Crippen molar-refractivity contribution in [1.29, 1.82) is 0 Å². The predicted molar refractivity (Wildman–Crippen MR) is 72.1 cm³/mol. The Morgan fingerprint density at radius 2 is 2.37 bits per heavy atom. The van der Waals surface area contributed by atoms with E-state index in [4.69, 9.17) is 0 Å². The SMILES string of the molecule is C[C@@H](CNc1cccc(F)c1[N+](=O)[O-])c1nccs1. The molecule has 1 aromatic heterocycles. The van der Waals surface area contributed by atoms with Crippen molar-refractivity contribution in [2.24, 2.45) is 0 Å². The molecule has 19 heavy (non-hydrogen) atoms. The van der Waals surface area contributed by atoms with E-state index in [1.54, 1.807) is 6.20 Å². The molecule has 1 N–H and O–H groups in total. The summed E-state index contributed by atoms with van der Waals surface area (Å²) in [5, 5.41) is 16.5. The van der Waals surface area contributed by atoms with E-state index in [0.717, 1.165) is 11.1 Å². The summed E-state index contributed by atoms with van der Waals surface area (Å²) in [6, 6.07) is 4.02. The lowest BCUT2D eigenvalue weighted by Crippen LogP contribution is -2.11. The highest BCUT2D eigenvalue weighted by atomic mass is 32.1. The van der Waals surface area contributed by atoms with E-state index in [9.17, 15) is 14.5 Å². The second-order valence-electron chi connectivity index (χ2n) is 4.05. The van der Waals surface area contributed by atoms with Crippen molar-refractivity contribution in [2.45, 2.75) is 12.8 Å². The molecule has 0 aliphatic heterocycles. The Hall–Kier alpha value is -2.02. The van der Waals surface area contributed by atoms with Crippen molar-refractivity contribution in [3.63, 3.8) is 0 Å². The minimum absolute atomic E-state index is 0.0999. The Balaban J connectivity index is 2.12. The standard InChI is InChI=1S/C12H12FN3O2S/c1-8(12-14-5-6-19-12)7-15-10-4-2-3-9(13)11(10)16(17)18/h2-6,8,15H,7H2,1H3/t8-/m0/s1. The molecule has 0 bridgehead atoms. The number of hydrogen-bond donors (Lipinski definition) is 1. The number of rotatable bonds is 5. The molecule has 100 valence electrons. The zero-order chi connectivity index (χ0) is 13.8. The third-order valence-electron chi connectivity index (χ3n) is 2.64. The van der Waals surface area contributed by atoms with Crippen molar-refractivity contribution in [3.8, 4) is 0 Å². The number of benzene rings is 1. The minimum atomic E-state index is -0.836. The van der Waals surface area contributed by atoms with Crippen LogP contribution in [0.15, 0.2) is 29.8 Å². The Morgan fingerprint density at radius 3 is 3.00 bits per heavy atom. The maximum Gasteiger partial charge on any atom is 0.327 e. The van der Waals surface area contributed by atoms with Gasteiger partial charge in [-0.25, -0.2) is 4.98 Å². The molecule has 0 radical (unpaired) electrons. The van der Waals surface area contributed by atoms with Crippen LogP contribution >= 0.6 is 11.3 Å². The number of nitro groups is 1. The van der Waals surface area contributed by atoms with Gasteiger partial charge in [0.1, 0.15) is 5.69 Å². The summed E-state index contributed by atoms with van der Waals surface area (Å²) < 4.78 is 13.4. The first kappa shape index (κ1) is 13.4. The zero-order valence-corrected chi connectivity index (χ0v) is 11.0. The van der Waals surface area contributed by atoms with Crippen LogP contribution < -0.4 is 5.32 Å². The van der Waals surface area contributed by atoms with Gasteiger partial charge in [0.2, 0.25) is 5.82 Å². The molecule has 2 aromatic rings. The van der Waals surface area contributed by atoms with Crippen LogP contribution in [0, 0.1) is 15.9 Å². The second kappa shape index (κ2) is 5.75. The third kappa shape index (κ3) is 3.05. The van der Waals surface area contributed by atoms with E-state index in [-0.39, 0.29) is 11.6 Å². The summed E-state index contributed by atoms with van der Waals surface area (Å²) in [6.45, 7) is 2.41. The van der Waals surface area contributed by atoms with E-state index >= 15 is 0 Å². The Bertz CT molecular complexity index is 574. The van der Waals surface area contributed by atoms with Crippen LogP contribution in [-0.2, 0) is 0 Å². The first-order valence-corrected chi connectivity index (χ1v) is 6.53. The van der Waals surface area contributed by atoms with E-state index in [2.05, 4.69) is 10.3 Å². The van der Waals surface area contributed by atoms with Gasteiger partial charge in [-0.3, -0.25) is 10.1 Å². The molecule has 1 aromatic carbocycles. The average Bonchev–Trinajstić information content (AvgIpc) is 2.89. The van der Waals surface area contributed by atoms with Gasteiger partial charge in [0, 0.05) is 24.0 Å². The number of para-hydroxylation sites is 1. The van der Waals surface area contributed by atoms with E-state index in [1.807, 2.05) is 12.3 Å². The topological polar surface area (TPSA) is 68.1 Å². The monoisotopic (exact) mass is 281 g/mol. The van der Waals surface area contributed by atoms with Gasteiger partial charge in [-0.05, 0) is 12.1 Å². The fraction of sp³-hybridized carbons (Fsp3) is 0.250. The molecule has 7 heteroatoms. The maximum absolute atomic E-state index is 13.4. The summed E-state index contributed by atoms with van der Waals surface area (Å²) in [7, 11) is 0.